The number of carbonyl (C=O) groups excluding carboxylic acids is 1. The van der Waals surface area contributed by atoms with Crippen molar-refractivity contribution >= 4 is 21.9 Å². The van der Waals surface area contributed by atoms with E-state index in [1.807, 2.05) is 39.1 Å². The number of anilines is 1. The van der Waals surface area contributed by atoms with Crippen LogP contribution in [-0.2, 0) is 10.0 Å². The number of ether oxygens (including phenoxy) is 1. The molecule has 1 fully saturated rings. The van der Waals surface area contributed by atoms with E-state index in [2.05, 4.69) is 19.6 Å². The Balaban J connectivity index is 1.69. The van der Waals surface area contributed by atoms with Crippen LogP contribution in [0.15, 0.2) is 53.4 Å². The summed E-state index contributed by atoms with van der Waals surface area (Å²) in [6.07, 6.45) is -0.361. The number of amides is 1. The highest BCUT2D eigenvalue weighted by Gasteiger charge is 2.29. The molecule has 1 atom stereocenters. The molecule has 0 saturated carbocycles. The van der Waals surface area contributed by atoms with E-state index in [-0.39, 0.29) is 28.7 Å². The largest absolute Gasteiger partial charge is 0.471 e. The van der Waals surface area contributed by atoms with Crippen LogP contribution < -0.4 is 9.46 Å². The molecule has 1 aromatic heterocycles. The molecular weight excluding hydrogens is 466 g/mol. The zero-order chi connectivity index (χ0) is 24.7. The van der Waals surface area contributed by atoms with Crippen LogP contribution in [0.4, 0.5) is 5.95 Å². The molecule has 182 valence electrons. The Bertz CT molecular complexity index is 1390. The number of aromatic nitrogens is 2. The Morgan fingerprint density at radius 1 is 1.00 bits per heavy atom. The lowest BCUT2D eigenvalue weighted by atomic mass is 10.00. The van der Waals surface area contributed by atoms with E-state index in [9.17, 15) is 13.2 Å². The average Bonchev–Trinajstić information content (AvgIpc) is 2.98. The monoisotopic (exact) mass is 493 g/mol. The summed E-state index contributed by atoms with van der Waals surface area (Å²) in [5, 5.41) is 0. The summed E-state index contributed by atoms with van der Waals surface area (Å²) in [5.74, 6) is -0.0804. The predicted octanol–water partition coefficient (Wildman–Crippen LogP) is 2.71. The van der Waals surface area contributed by atoms with Gasteiger partial charge in [-0.1, -0.05) is 24.3 Å². The number of fused-ring (bicyclic) bond motifs is 6. The van der Waals surface area contributed by atoms with Gasteiger partial charge in [0.2, 0.25) is 11.8 Å². The first kappa shape index (κ1) is 23.3. The lowest BCUT2D eigenvalue weighted by Gasteiger charge is -2.25. The fourth-order valence-electron chi connectivity index (χ4n) is 4.59. The fourth-order valence-corrected chi connectivity index (χ4v) is 5.58. The van der Waals surface area contributed by atoms with Gasteiger partial charge in [-0.25, -0.2) is 18.1 Å². The van der Waals surface area contributed by atoms with Crippen LogP contribution in [0.2, 0.25) is 0 Å². The predicted molar refractivity (Wildman–Crippen MR) is 132 cm³/mol. The number of carbonyl (C=O) groups is 1. The molecule has 0 spiro atoms. The van der Waals surface area contributed by atoms with Gasteiger partial charge in [0.25, 0.3) is 15.9 Å². The van der Waals surface area contributed by atoms with Crippen molar-refractivity contribution in [3.8, 4) is 17.1 Å². The molecule has 2 aromatic carbocycles. The van der Waals surface area contributed by atoms with Gasteiger partial charge >= 0.3 is 0 Å². The van der Waals surface area contributed by atoms with Crippen molar-refractivity contribution in [2.24, 2.45) is 0 Å². The number of hydrogen-bond donors (Lipinski definition) is 1. The van der Waals surface area contributed by atoms with Crippen LogP contribution in [0.3, 0.4) is 0 Å². The second-order valence-corrected chi connectivity index (χ2v) is 10.8. The summed E-state index contributed by atoms with van der Waals surface area (Å²) < 4.78 is 35.2. The fraction of sp³-hybridized carbons (Fsp3) is 0.320. The number of sulfonamides is 1. The Kier molecular flexibility index (Phi) is 5.94. The van der Waals surface area contributed by atoms with Gasteiger partial charge in [-0.05, 0) is 50.2 Å². The normalized spacial score (nSPS) is 19.9. The van der Waals surface area contributed by atoms with E-state index in [0.717, 1.165) is 16.7 Å². The molecule has 35 heavy (non-hydrogen) atoms. The number of aryl methyl sites for hydroxylation is 2. The van der Waals surface area contributed by atoms with Crippen LogP contribution in [0.25, 0.3) is 11.3 Å². The average molecular weight is 494 g/mol. The van der Waals surface area contributed by atoms with Crippen LogP contribution >= 0.6 is 0 Å². The Morgan fingerprint density at radius 2 is 1.74 bits per heavy atom. The molecule has 0 radical (unpaired) electrons. The van der Waals surface area contributed by atoms with Gasteiger partial charge in [0.1, 0.15) is 6.10 Å². The van der Waals surface area contributed by atoms with E-state index < -0.39 is 10.0 Å². The third-order valence-electron chi connectivity index (χ3n) is 6.32. The molecule has 1 amide bonds. The summed E-state index contributed by atoms with van der Waals surface area (Å²) in [6, 6.07) is 13.7. The van der Waals surface area contributed by atoms with E-state index >= 15 is 0 Å². The molecule has 2 aliphatic heterocycles. The Labute approximate surface area is 204 Å². The molecule has 9 nitrogen and oxygen atoms in total. The molecular formula is C25H27N5O4S. The summed E-state index contributed by atoms with van der Waals surface area (Å²) in [5.41, 5.74) is 3.75. The van der Waals surface area contributed by atoms with E-state index in [1.54, 1.807) is 23.1 Å². The molecule has 0 aliphatic carbocycles. The minimum atomic E-state index is -4.05. The highest BCUT2D eigenvalue weighted by atomic mass is 32.2. The van der Waals surface area contributed by atoms with Gasteiger partial charge in [0.05, 0.1) is 17.1 Å². The van der Waals surface area contributed by atoms with Gasteiger partial charge in [-0.2, -0.15) is 4.98 Å². The topological polar surface area (TPSA) is 105 Å². The zero-order valence-electron chi connectivity index (χ0n) is 19.9. The maximum absolute atomic E-state index is 13.3. The number of nitrogens with zero attached hydrogens (tertiary/aromatic N) is 4. The Hall–Kier alpha value is -3.50. The lowest BCUT2D eigenvalue weighted by Crippen LogP contribution is -2.40. The number of rotatable bonds is 1. The van der Waals surface area contributed by atoms with Crippen molar-refractivity contribution in [3.05, 3.63) is 65.2 Å². The molecule has 10 heteroatoms. The van der Waals surface area contributed by atoms with Crippen molar-refractivity contribution in [2.45, 2.75) is 24.8 Å². The van der Waals surface area contributed by atoms with Crippen LogP contribution in [-0.4, -0.2) is 73.4 Å². The van der Waals surface area contributed by atoms with Crippen molar-refractivity contribution in [1.29, 1.82) is 0 Å². The summed E-state index contributed by atoms with van der Waals surface area (Å²) in [6.45, 7) is 6.08. The van der Waals surface area contributed by atoms with Gasteiger partial charge in [0, 0.05) is 36.8 Å². The quantitative estimate of drug-likeness (QED) is 0.556. The Morgan fingerprint density at radius 3 is 2.51 bits per heavy atom. The molecule has 0 unspecified atom stereocenters. The van der Waals surface area contributed by atoms with Gasteiger partial charge in [-0.15, -0.1) is 0 Å². The van der Waals surface area contributed by atoms with Gasteiger partial charge in [0.15, 0.2) is 0 Å². The number of likely N-dealkylation sites (N-methyl/N-ethyl adjacent to an activating group) is 1. The molecule has 3 aromatic rings. The molecule has 2 aliphatic rings. The second kappa shape index (κ2) is 8.94. The minimum Gasteiger partial charge on any atom is -0.471 e. The van der Waals surface area contributed by atoms with Crippen molar-refractivity contribution in [1.82, 2.24) is 19.8 Å². The first-order valence-corrected chi connectivity index (χ1v) is 12.9. The number of benzene rings is 2. The van der Waals surface area contributed by atoms with Gasteiger partial charge in [-0.3, -0.25) is 4.79 Å². The standard InChI is InChI=1S/C25H27N5O4S/c1-16-6-4-7-17(2)23(16)21-13-22-27-25(26-21)28-35(32,33)20-9-5-8-18(12-20)24(31)30-11-10-29(3)14-19(15-30)34-22/h4-9,12-13,19H,10-11,14-15H2,1-3H3,(H,26,27,28)/t19-/m1/s1. The summed E-state index contributed by atoms with van der Waals surface area (Å²) >= 11 is 0. The van der Waals surface area contributed by atoms with Crippen LogP contribution in [0.5, 0.6) is 5.88 Å². The number of hydrogen-bond acceptors (Lipinski definition) is 7. The van der Waals surface area contributed by atoms with Crippen LogP contribution in [0.1, 0.15) is 21.5 Å². The first-order valence-electron chi connectivity index (χ1n) is 11.4. The minimum absolute atomic E-state index is 0.0327. The van der Waals surface area contributed by atoms with Crippen LogP contribution in [0, 0.1) is 13.8 Å². The van der Waals surface area contributed by atoms with Crippen molar-refractivity contribution in [2.75, 3.05) is 37.9 Å². The highest BCUT2D eigenvalue weighted by Crippen LogP contribution is 2.30. The molecule has 3 heterocycles. The highest BCUT2D eigenvalue weighted by molar-refractivity contribution is 7.92. The first-order chi connectivity index (χ1) is 16.7. The lowest BCUT2D eigenvalue weighted by molar-refractivity contribution is 0.0691. The molecule has 1 N–H and O–H groups in total. The molecule has 1 saturated heterocycles. The zero-order valence-corrected chi connectivity index (χ0v) is 20.7. The third kappa shape index (κ3) is 4.71. The maximum atomic E-state index is 13.3. The van der Waals surface area contributed by atoms with E-state index in [1.165, 1.54) is 12.1 Å². The third-order valence-corrected chi connectivity index (χ3v) is 7.65. The van der Waals surface area contributed by atoms with Gasteiger partial charge < -0.3 is 14.5 Å². The number of nitrogens with one attached hydrogen (secondary N) is 1. The molecule has 6 bridgehead atoms. The van der Waals surface area contributed by atoms with Crippen molar-refractivity contribution in [3.63, 3.8) is 0 Å². The van der Waals surface area contributed by atoms with E-state index in [0.29, 0.717) is 37.4 Å². The van der Waals surface area contributed by atoms with E-state index in [4.69, 9.17) is 4.74 Å². The van der Waals surface area contributed by atoms with Crippen molar-refractivity contribution < 1.29 is 17.9 Å². The molecule has 5 rings (SSSR count). The maximum Gasteiger partial charge on any atom is 0.264 e. The smallest absolute Gasteiger partial charge is 0.264 e. The SMILES string of the molecule is Cc1cccc(C)c1-c1cc2nc(n1)NS(=O)(=O)c1cccc(c1)C(=O)N1CCN(C)C[C@H](C1)O2. The summed E-state index contributed by atoms with van der Waals surface area (Å²) in [4.78, 5) is 26.0. The second-order valence-electron chi connectivity index (χ2n) is 9.07. The summed E-state index contributed by atoms with van der Waals surface area (Å²) in [7, 11) is -2.07.